The van der Waals surface area contributed by atoms with E-state index in [1.54, 1.807) is 34.6 Å². The highest BCUT2D eigenvalue weighted by molar-refractivity contribution is 5.99. The van der Waals surface area contributed by atoms with Crippen LogP contribution < -0.4 is 4.90 Å². The Morgan fingerprint density at radius 3 is 2.50 bits per heavy atom. The van der Waals surface area contributed by atoms with E-state index in [1.165, 1.54) is 11.1 Å². The summed E-state index contributed by atoms with van der Waals surface area (Å²) in [4.78, 5) is 50.1. The minimum atomic E-state index is -0.695. The van der Waals surface area contributed by atoms with Crippen LogP contribution in [0.25, 0.3) is 0 Å². The summed E-state index contributed by atoms with van der Waals surface area (Å²) in [5.41, 5.74) is -0.468. The minimum Gasteiger partial charge on any atom is -0.462 e. The Balaban J connectivity index is 1.98. The fourth-order valence-electron chi connectivity index (χ4n) is 4.09. The van der Waals surface area contributed by atoms with Crippen LogP contribution in [0.15, 0.2) is 6.20 Å². The lowest BCUT2D eigenvalue weighted by Gasteiger charge is -2.49. The molecule has 1 aliphatic carbocycles. The standard InChI is InChI=1S/C21H30N4O5/c1-6-29-19(27)14-11-22-13(2)23-18(14)24-12-17(26)25(20(28)30-21(3,4)5)16-10-8-7-9-15(16)24/h11,15-16H,6-10,12H2,1-5H3/t15-,16-/m1/s1. The summed E-state index contributed by atoms with van der Waals surface area (Å²) in [6.45, 7) is 8.95. The van der Waals surface area contributed by atoms with Gasteiger partial charge in [0.15, 0.2) is 0 Å². The first-order valence-corrected chi connectivity index (χ1v) is 10.4. The maximum absolute atomic E-state index is 13.1. The zero-order chi connectivity index (χ0) is 22.1. The summed E-state index contributed by atoms with van der Waals surface area (Å²) >= 11 is 0. The van der Waals surface area contributed by atoms with Crippen LogP contribution in [0.5, 0.6) is 0 Å². The Morgan fingerprint density at radius 2 is 1.87 bits per heavy atom. The van der Waals surface area contributed by atoms with Crippen LogP contribution in [0.4, 0.5) is 10.6 Å². The van der Waals surface area contributed by atoms with E-state index < -0.39 is 17.7 Å². The SMILES string of the molecule is CCOC(=O)c1cnc(C)nc1N1CC(=O)N(C(=O)OC(C)(C)C)[C@@H]2CCCC[C@H]21. The summed E-state index contributed by atoms with van der Waals surface area (Å²) in [7, 11) is 0. The van der Waals surface area contributed by atoms with Gasteiger partial charge in [-0.15, -0.1) is 0 Å². The number of amides is 2. The quantitative estimate of drug-likeness (QED) is 0.691. The monoisotopic (exact) mass is 418 g/mol. The Bertz CT molecular complexity index is 835. The van der Waals surface area contributed by atoms with Gasteiger partial charge in [-0.05, 0) is 47.5 Å². The lowest BCUT2D eigenvalue weighted by atomic mass is 9.86. The lowest BCUT2D eigenvalue weighted by Crippen LogP contribution is -2.65. The molecule has 0 aromatic carbocycles. The van der Waals surface area contributed by atoms with E-state index in [9.17, 15) is 14.4 Å². The number of fused-ring (bicyclic) bond motifs is 1. The maximum Gasteiger partial charge on any atom is 0.417 e. The van der Waals surface area contributed by atoms with Crippen molar-refractivity contribution in [1.29, 1.82) is 0 Å². The van der Waals surface area contributed by atoms with Crippen molar-refractivity contribution < 1.29 is 23.9 Å². The highest BCUT2D eigenvalue weighted by Gasteiger charge is 2.47. The van der Waals surface area contributed by atoms with Crippen molar-refractivity contribution in [3.8, 4) is 0 Å². The molecule has 1 aromatic rings. The normalized spacial score (nSPS) is 21.8. The first-order valence-electron chi connectivity index (χ1n) is 10.4. The fraction of sp³-hybridized carbons (Fsp3) is 0.667. The van der Waals surface area contributed by atoms with Gasteiger partial charge in [0.2, 0.25) is 0 Å². The number of imide groups is 1. The van der Waals surface area contributed by atoms with Crippen molar-refractivity contribution >= 4 is 23.8 Å². The van der Waals surface area contributed by atoms with Gasteiger partial charge in [0.05, 0.1) is 25.2 Å². The third kappa shape index (κ3) is 4.55. The van der Waals surface area contributed by atoms with Crippen LogP contribution in [0.1, 0.15) is 69.6 Å². The Morgan fingerprint density at radius 1 is 1.20 bits per heavy atom. The zero-order valence-corrected chi connectivity index (χ0v) is 18.3. The molecule has 0 spiro atoms. The van der Waals surface area contributed by atoms with Crippen LogP contribution in [0, 0.1) is 6.92 Å². The van der Waals surface area contributed by atoms with Crippen LogP contribution in [0.3, 0.4) is 0 Å². The molecule has 2 aliphatic rings. The molecule has 2 fully saturated rings. The van der Waals surface area contributed by atoms with Gasteiger partial charge in [-0.25, -0.2) is 24.5 Å². The molecule has 0 unspecified atom stereocenters. The van der Waals surface area contributed by atoms with Crippen LogP contribution in [-0.4, -0.2) is 63.7 Å². The molecule has 9 nitrogen and oxygen atoms in total. The second-order valence-electron chi connectivity index (χ2n) is 8.67. The Hall–Kier alpha value is -2.71. The number of aromatic nitrogens is 2. The molecular formula is C21H30N4O5. The number of aryl methyl sites for hydroxylation is 1. The van der Waals surface area contributed by atoms with E-state index in [0.29, 0.717) is 18.1 Å². The van der Waals surface area contributed by atoms with Crippen LogP contribution in [0.2, 0.25) is 0 Å². The topological polar surface area (TPSA) is 102 Å². The molecule has 0 bridgehead atoms. The van der Waals surface area contributed by atoms with Gasteiger partial charge in [-0.1, -0.05) is 12.8 Å². The first kappa shape index (κ1) is 22.0. The number of hydrogen-bond donors (Lipinski definition) is 0. The van der Waals surface area contributed by atoms with Crippen LogP contribution in [-0.2, 0) is 14.3 Å². The van der Waals surface area contributed by atoms with E-state index in [4.69, 9.17) is 9.47 Å². The molecule has 1 saturated carbocycles. The summed E-state index contributed by atoms with van der Waals surface area (Å²) in [6, 6.07) is -0.480. The molecule has 9 heteroatoms. The second-order valence-corrected chi connectivity index (χ2v) is 8.67. The second kappa shape index (κ2) is 8.57. The molecule has 164 valence electrons. The van der Waals surface area contributed by atoms with Crippen molar-refractivity contribution in [3.63, 3.8) is 0 Å². The highest BCUT2D eigenvalue weighted by atomic mass is 16.6. The minimum absolute atomic E-state index is 0.0662. The number of esters is 1. The van der Waals surface area contributed by atoms with Crippen molar-refractivity contribution in [2.45, 2.75) is 78.0 Å². The zero-order valence-electron chi connectivity index (χ0n) is 18.3. The summed E-state index contributed by atoms with van der Waals surface area (Å²) in [6.07, 6.45) is 4.17. The van der Waals surface area contributed by atoms with E-state index in [1.807, 2.05) is 4.90 Å². The van der Waals surface area contributed by atoms with Crippen LogP contribution >= 0.6 is 0 Å². The number of anilines is 1. The van der Waals surface area contributed by atoms with Gasteiger partial charge in [0, 0.05) is 6.20 Å². The highest BCUT2D eigenvalue weighted by Crippen LogP contribution is 2.35. The summed E-state index contributed by atoms with van der Waals surface area (Å²) < 4.78 is 10.7. The molecule has 0 radical (unpaired) electrons. The van der Waals surface area contributed by atoms with Gasteiger partial charge in [-0.2, -0.15) is 0 Å². The number of piperazine rings is 1. The average molecular weight is 418 g/mol. The van der Waals surface area contributed by atoms with Gasteiger partial charge >= 0.3 is 12.1 Å². The Labute approximate surface area is 176 Å². The van der Waals surface area contributed by atoms with Gasteiger partial charge < -0.3 is 14.4 Å². The average Bonchev–Trinajstić information content (AvgIpc) is 2.65. The number of ether oxygens (including phenoxy) is 2. The lowest BCUT2D eigenvalue weighted by molar-refractivity contribution is -0.134. The third-order valence-corrected chi connectivity index (χ3v) is 5.25. The first-order chi connectivity index (χ1) is 14.1. The van der Waals surface area contributed by atoms with Crippen molar-refractivity contribution in [2.75, 3.05) is 18.1 Å². The smallest absolute Gasteiger partial charge is 0.417 e. The largest absolute Gasteiger partial charge is 0.462 e. The van der Waals surface area contributed by atoms with E-state index in [2.05, 4.69) is 9.97 Å². The number of carbonyl (C=O) groups excluding carboxylic acids is 3. The number of carbonyl (C=O) groups is 3. The molecule has 2 heterocycles. The summed E-state index contributed by atoms with van der Waals surface area (Å²) in [5.74, 6) is -0.0113. The predicted molar refractivity (Wildman–Crippen MR) is 109 cm³/mol. The molecular weight excluding hydrogens is 388 g/mol. The third-order valence-electron chi connectivity index (χ3n) is 5.25. The molecule has 3 rings (SSSR count). The van der Waals surface area contributed by atoms with Gasteiger partial charge in [0.1, 0.15) is 22.8 Å². The van der Waals surface area contributed by atoms with Crippen molar-refractivity contribution in [3.05, 3.63) is 17.6 Å². The molecule has 1 saturated heterocycles. The van der Waals surface area contributed by atoms with Gasteiger partial charge in [0.25, 0.3) is 5.91 Å². The maximum atomic E-state index is 13.1. The number of rotatable bonds is 3. The Kier molecular flexibility index (Phi) is 6.28. The van der Waals surface area contributed by atoms with Gasteiger partial charge in [-0.3, -0.25) is 4.79 Å². The molecule has 1 aromatic heterocycles. The van der Waals surface area contributed by atoms with Crippen molar-refractivity contribution in [2.24, 2.45) is 0 Å². The van der Waals surface area contributed by atoms with E-state index >= 15 is 0 Å². The molecule has 0 N–H and O–H groups in total. The molecule has 2 atom stereocenters. The molecule has 2 amide bonds. The summed E-state index contributed by atoms with van der Waals surface area (Å²) in [5, 5.41) is 0. The predicted octanol–water partition coefficient (Wildman–Crippen LogP) is 2.86. The number of nitrogens with zero attached hydrogens (tertiary/aromatic N) is 4. The van der Waals surface area contributed by atoms with E-state index in [-0.39, 0.29) is 36.7 Å². The molecule has 1 aliphatic heterocycles. The molecule has 30 heavy (non-hydrogen) atoms. The fourth-order valence-corrected chi connectivity index (χ4v) is 4.09. The number of hydrogen-bond acceptors (Lipinski definition) is 8. The van der Waals surface area contributed by atoms with E-state index in [0.717, 1.165) is 19.3 Å². The van der Waals surface area contributed by atoms with Crippen molar-refractivity contribution in [1.82, 2.24) is 14.9 Å².